The van der Waals surface area contributed by atoms with Gasteiger partial charge >= 0.3 is 0 Å². The van der Waals surface area contributed by atoms with Gasteiger partial charge in [-0.25, -0.2) is 4.39 Å². The van der Waals surface area contributed by atoms with Crippen molar-refractivity contribution in [3.05, 3.63) is 53.7 Å². The van der Waals surface area contributed by atoms with E-state index in [4.69, 9.17) is 9.15 Å². The van der Waals surface area contributed by atoms with Crippen LogP contribution in [-0.2, 0) is 4.79 Å². The Morgan fingerprint density at radius 2 is 1.96 bits per heavy atom. The van der Waals surface area contributed by atoms with Gasteiger partial charge in [-0.15, -0.1) is 0 Å². The fourth-order valence-electron chi connectivity index (χ4n) is 2.11. The molecule has 1 atom stereocenters. The average Bonchev–Trinajstić information content (AvgIpc) is 2.93. The molecule has 124 valence electrons. The molecule has 5 nitrogen and oxygen atoms in total. The first kappa shape index (κ1) is 17.0. The number of halogens is 1. The average molecular weight is 320 g/mol. The van der Waals surface area contributed by atoms with Crippen LogP contribution in [0.25, 0.3) is 0 Å². The van der Waals surface area contributed by atoms with Gasteiger partial charge in [-0.05, 0) is 57.4 Å². The van der Waals surface area contributed by atoms with Gasteiger partial charge in [0.15, 0.2) is 6.61 Å². The normalized spacial score (nSPS) is 12.2. The minimum atomic E-state index is -0.343. The number of nitrogens with one attached hydrogen (secondary N) is 1. The summed E-state index contributed by atoms with van der Waals surface area (Å²) in [5, 5.41) is 2.81. The molecule has 0 aliphatic heterocycles. The summed E-state index contributed by atoms with van der Waals surface area (Å²) in [4.78, 5) is 13.9. The molecule has 1 aromatic carbocycles. The van der Waals surface area contributed by atoms with Crippen molar-refractivity contribution < 1.29 is 18.3 Å². The van der Waals surface area contributed by atoms with E-state index >= 15 is 0 Å². The maximum absolute atomic E-state index is 12.8. The Kier molecular flexibility index (Phi) is 5.76. The number of hydrogen-bond acceptors (Lipinski definition) is 4. The topological polar surface area (TPSA) is 54.7 Å². The number of amides is 1. The van der Waals surface area contributed by atoms with E-state index in [1.165, 1.54) is 24.3 Å². The zero-order chi connectivity index (χ0) is 16.8. The Morgan fingerprint density at radius 3 is 2.52 bits per heavy atom. The number of hydrogen-bond donors (Lipinski definition) is 1. The second-order valence-corrected chi connectivity index (χ2v) is 5.47. The summed E-state index contributed by atoms with van der Waals surface area (Å²) in [6.07, 6.45) is 0. The maximum Gasteiger partial charge on any atom is 0.258 e. The number of aryl methyl sites for hydroxylation is 1. The van der Waals surface area contributed by atoms with Gasteiger partial charge in [0.05, 0.1) is 6.04 Å². The van der Waals surface area contributed by atoms with E-state index in [-0.39, 0.29) is 24.4 Å². The zero-order valence-corrected chi connectivity index (χ0v) is 13.5. The van der Waals surface area contributed by atoms with Crippen molar-refractivity contribution in [1.82, 2.24) is 10.2 Å². The molecule has 2 rings (SSSR count). The van der Waals surface area contributed by atoms with Gasteiger partial charge in [-0.1, -0.05) is 0 Å². The molecule has 0 fully saturated rings. The molecule has 1 aromatic heterocycles. The van der Waals surface area contributed by atoms with Crippen molar-refractivity contribution in [1.29, 1.82) is 0 Å². The summed E-state index contributed by atoms with van der Waals surface area (Å²) in [5.41, 5.74) is 0. The number of carbonyl (C=O) groups is 1. The number of ether oxygens (including phenoxy) is 1. The van der Waals surface area contributed by atoms with Crippen LogP contribution in [-0.4, -0.2) is 38.1 Å². The quantitative estimate of drug-likeness (QED) is 0.852. The molecule has 1 heterocycles. The summed E-state index contributed by atoms with van der Waals surface area (Å²) in [6, 6.07) is 9.28. The number of benzene rings is 1. The smallest absolute Gasteiger partial charge is 0.258 e. The van der Waals surface area contributed by atoms with Gasteiger partial charge in [0, 0.05) is 6.54 Å². The minimum Gasteiger partial charge on any atom is -0.484 e. The van der Waals surface area contributed by atoms with E-state index in [1.54, 1.807) is 0 Å². The molecule has 1 N–H and O–H groups in total. The third kappa shape index (κ3) is 5.10. The molecule has 6 heteroatoms. The summed E-state index contributed by atoms with van der Waals surface area (Å²) in [7, 11) is 3.84. The van der Waals surface area contributed by atoms with Gasteiger partial charge in [0.2, 0.25) is 0 Å². The SMILES string of the molecule is Cc1ccc([C@H](CNC(=O)COc2ccc(F)cc2)N(C)C)o1. The predicted molar refractivity (Wildman–Crippen MR) is 84.8 cm³/mol. The highest BCUT2D eigenvalue weighted by atomic mass is 19.1. The van der Waals surface area contributed by atoms with E-state index in [2.05, 4.69) is 5.32 Å². The van der Waals surface area contributed by atoms with Gasteiger partial charge in [-0.3, -0.25) is 9.69 Å². The van der Waals surface area contributed by atoms with Crippen molar-refractivity contribution in [3.8, 4) is 5.75 Å². The van der Waals surface area contributed by atoms with E-state index in [9.17, 15) is 9.18 Å². The first-order valence-electron chi connectivity index (χ1n) is 7.33. The van der Waals surface area contributed by atoms with Crippen molar-refractivity contribution in [2.75, 3.05) is 27.2 Å². The van der Waals surface area contributed by atoms with Gasteiger partial charge in [0.1, 0.15) is 23.1 Å². The largest absolute Gasteiger partial charge is 0.484 e. The molecule has 0 radical (unpaired) electrons. The molecule has 0 unspecified atom stereocenters. The zero-order valence-electron chi connectivity index (χ0n) is 13.5. The summed E-state index contributed by atoms with van der Waals surface area (Å²) in [6.45, 7) is 2.17. The molecule has 0 spiro atoms. The Morgan fingerprint density at radius 1 is 1.26 bits per heavy atom. The Hall–Kier alpha value is -2.34. The molecule has 1 amide bonds. The molecule has 0 saturated heterocycles. The van der Waals surface area contributed by atoms with Crippen LogP contribution in [0.5, 0.6) is 5.75 Å². The van der Waals surface area contributed by atoms with Crippen molar-refractivity contribution in [2.45, 2.75) is 13.0 Å². The first-order chi connectivity index (χ1) is 11.0. The van der Waals surface area contributed by atoms with Crippen molar-refractivity contribution in [3.63, 3.8) is 0 Å². The van der Waals surface area contributed by atoms with Gasteiger partial charge in [-0.2, -0.15) is 0 Å². The highest BCUT2D eigenvalue weighted by Gasteiger charge is 2.18. The van der Waals surface area contributed by atoms with Crippen LogP contribution in [0.3, 0.4) is 0 Å². The van der Waals surface area contributed by atoms with Crippen LogP contribution in [0.15, 0.2) is 40.8 Å². The standard InChI is InChI=1S/C17H21FN2O3/c1-12-4-9-16(23-12)15(20(2)3)10-19-17(21)11-22-14-7-5-13(18)6-8-14/h4-9,15H,10-11H2,1-3H3,(H,19,21)/t15-/m0/s1. The highest BCUT2D eigenvalue weighted by molar-refractivity contribution is 5.77. The van der Waals surface area contributed by atoms with Crippen molar-refractivity contribution >= 4 is 5.91 Å². The second kappa shape index (κ2) is 7.78. The highest BCUT2D eigenvalue weighted by Crippen LogP contribution is 2.19. The van der Waals surface area contributed by atoms with Gasteiger partial charge < -0.3 is 14.5 Å². The molecular weight excluding hydrogens is 299 g/mol. The minimum absolute atomic E-state index is 0.0570. The van der Waals surface area contributed by atoms with E-state index < -0.39 is 0 Å². The number of furan rings is 1. The second-order valence-electron chi connectivity index (χ2n) is 5.47. The Bertz CT molecular complexity index is 638. The van der Waals surface area contributed by atoms with Crippen LogP contribution in [0, 0.1) is 12.7 Å². The van der Waals surface area contributed by atoms with Gasteiger partial charge in [0.25, 0.3) is 5.91 Å². The number of rotatable bonds is 7. The summed E-state index contributed by atoms with van der Waals surface area (Å²) >= 11 is 0. The lowest BCUT2D eigenvalue weighted by molar-refractivity contribution is -0.123. The van der Waals surface area contributed by atoms with Crippen LogP contribution < -0.4 is 10.1 Å². The maximum atomic E-state index is 12.8. The van der Waals surface area contributed by atoms with E-state index in [0.717, 1.165) is 11.5 Å². The third-order valence-electron chi connectivity index (χ3n) is 3.39. The molecule has 0 aliphatic carbocycles. The first-order valence-corrected chi connectivity index (χ1v) is 7.33. The molecule has 0 saturated carbocycles. The predicted octanol–water partition coefficient (Wildman–Crippen LogP) is 2.53. The van der Waals surface area contributed by atoms with Crippen LogP contribution in [0.4, 0.5) is 4.39 Å². The van der Waals surface area contributed by atoms with Crippen LogP contribution in [0.1, 0.15) is 17.6 Å². The van der Waals surface area contributed by atoms with Crippen LogP contribution in [0.2, 0.25) is 0 Å². The number of nitrogens with zero attached hydrogens (tertiary/aromatic N) is 1. The molecule has 2 aromatic rings. The van der Waals surface area contributed by atoms with Crippen LogP contribution >= 0.6 is 0 Å². The number of carbonyl (C=O) groups excluding carboxylic acids is 1. The molecule has 0 aliphatic rings. The lowest BCUT2D eigenvalue weighted by Crippen LogP contribution is -2.36. The summed E-state index contributed by atoms with van der Waals surface area (Å²) < 4.78 is 23.7. The fraction of sp³-hybridized carbons (Fsp3) is 0.353. The third-order valence-corrected chi connectivity index (χ3v) is 3.39. The Balaban J connectivity index is 1.83. The summed E-state index contributed by atoms with van der Waals surface area (Å²) in [5.74, 6) is 1.49. The molecule has 0 bridgehead atoms. The number of likely N-dealkylation sites (N-methyl/N-ethyl adjacent to an activating group) is 1. The van der Waals surface area contributed by atoms with E-state index in [1.807, 2.05) is 38.1 Å². The fourth-order valence-corrected chi connectivity index (χ4v) is 2.11. The lowest BCUT2D eigenvalue weighted by Gasteiger charge is -2.22. The van der Waals surface area contributed by atoms with E-state index in [0.29, 0.717) is 12.3 Å². The Labute approximate surface area is 135 Å². The van der Waals surface area contributed by atoms with Crippen molar-refractivity contribution in [2.24, 2.45) is 0 Å². The lowest BCUT2D eigenvalue weighted by atomic mass is 10.2. The molecular formula is C17H21FN2O3. The monoisotopic (exact) mass is 320 g/mol. The molecule has 23 heavy (non-hydrogen) atoms.